The van der Waals surface area contributed by atoms with Crippen LogP contribution in [0.4, 0.5) is 0 Å². The second-order valence-electron chi connectivity index (χ2n) is 6.52. The van der Waals surface area contributed by atoms with E-state index >= 15 is 0 Å². The monoisotopic (exact) mass is 308 g/mol. The van der Waals surface area contributed by atoms with Crippen LogP contribution >= 0.6 is 0 Å². The molecule has 1 amide bonds. The molecule has 0 radical (unpaired) electrons. The standard InChI is InChI=1S/C17H28N2O3/c1-4-9-19-10-7-14(8-11-19)16(20)18-12-17(3,21)15-6-5-13(2)22-15/h5-6,14,21H,4,7-12H2,1-3H3,(H,18,20). The molecule has 1 aliphatic heterocycles. The highest BCUT2D eigenvalue weighted by Crippen LogP contribution is 2.23. The van der Waals surface area contributed by atoms with Gasteiger partial charge < -0.3 is 19.7 Å². The third-order valence-corrected chi connectivity index (χ3v) is 4.38. The SMILES string of the molecule is CCCN1CCC(C(=O)NCC(C)(O)c2ccc(C)o2)CC1. The van der Waals surface area contributed by atoms with E-state index in [1.807, 2.05) is 13.0 Å². The Hall–Kier alpha value is -1.33. The van der Waals surface area contributed by atoms with Gasteiger partial charge in [0, 0.05) is 5.92 Å². The maximum atomic E-state index is 12.3. The van der Waals surface area contributed by atoms with Gasteiger partial charge in [-0.1, -0.05) is 6.92 Å². The smallest absolute Gasteiger partial charge is 0.223 e. The van der Waals surface area contributed by atoms with E-state index in [1.54, 1.807) is 13.0 Å². The number of hydrogen-bond donors (Lipinski definition) is 2. The average molecular weight is 308 g/mol. The Bertz CT molecular complexity index is 488. The molecule has 2 rings (SSSR count). The van der Waals surface area contributed by atoms with Crippen LogP contribution in [0, 0.1) is 12.8 Å². The van der Waals surface area contributed by atoms with Crippen LogP contribution < -0.4 is 5.32 Å². The maximum absolute atomic E-state index is 12.3. The molecule has 1 saturated heterocycles. The Labute approximate surface area is 132 Å². The summed E-state index contributed by atoms with van der Waals surface area (Å²) in [4.78, 5) is 14.7. The van der Waals surface area contributed by atoms with E-state index in [2.05, 4.69) is 17.1 Å². The zero-order valence-corrected chi connectivity index (χ0v) is 13.9. The van der Waals surface area contributed by atoms with Crippen LogP contribution in [0.2, 0.25) is 0 Å². The second kappa shape index (κ2) is 7.29. The fourth-order valence-corrected chi connectivity index (χ4v) is 2.95. The van der Waals surface area contributed by atoms with Gasteiger partial charge >= 0.3 is 0 Å². The van der Waals surface area contributed by atoms with Crippen molar-refractivity contribution in [3.05, 3.63) is 23.7 Å². The number of piperidine rings is 1. The van der Waals surface area contributed by atoms with Crippen molar-refractivity contribution in [3.8, 4) is 0 Å². The minimum atomic E-state index is -1.17. The van der Waals surface area contributed by atoms with E-state index in [0.717, 1.165) is 44.7 Å². The molecule has 5 heteroatoms. The number of amides is 1. The second-order valence-corrected chi connectivity index (χ2v) is 6.52. The number of furan rings is 1. The molecule has 5 nitrogen and oxygen atoms in total. The first-order chi connectivity index (χ1) is 10.4. The van der Waals surface area contributed by atoms with Gasteiger partial charge in [-0.2, -0.15) is 0 Å². The molecule has 1 aromatic heterocycles. The summed E-state index contributed by atoms with van der Waals surface area (Å²) >= 11 is 0. The van der Waals surface area contributed by atoms with Crippen molar-refractivity contribution in [2.45, 2.75) is 45.6 Å². The van der Waals surface area contributed by atoms with Gasteiger partial charge in [-0.25, -0.2) is 0 Å². The highest BCUT2D eigenvalue weighted by molar-refractivity contribution is 5.78. The molecule has 0 aromatic carbocycles. The van der Waals surface area contributed by atoms with Crippen LogP contribution in [0.1, 0.15) is 44.6 Å². The van der Waals surface area contributed by atoms with Gasteiger partial charge in [-0.05, 0) is 64.9 Å². The summed E-state index contributed by atoms with van der Waals surface area (Å²) in [6.45, 7) is 8.93. The van der Waals surface area contributed by atoms with Gasteiger partial charge in [0.25, 0.3) is 0 Å². The number of hydrogen-bond acceptors (Lipinski definition) is 4. The number of likely N-dealkylation sites (tertiary alicyclic amines) is 1. The largest absolute Gasteiger partial charge is 0.463 e. The van der Waals surface area contributed by atoms with Crippen molar-refractivity contribution in [3.63, 3.8) is 0 Å². The predicted molar refractivity (Wildman–Crippen MR) is 85.5 cm³/mol. The fraction of sp³-hybridized carbons (Fsp3) is 0.706. The lowest BCUT2D eigenvalue weighted by atomic mass is 9.95. The number of aliphatic hydroxyl groups is 1. The van der Waals surface area contributed by atoms with Gasteiger partial charge in [-0.15, -0.1) is 0 Å². The van der Waals surface area contributed by atoms with Crippen molar-refractivity contribution >= 4 is 5.91 Å². The van der Waals surface area contributed by atoms with Crippen LogP contribution in [-0.4, -0.2) is 42.1 Å². The third-order valence-electron chi connectivity index (χ3n) is 4.38. The van der Waals surface area contributed by atoms with Crippen molar-refractivity contribution < 1.29 is 14.3 Å². The van der Waals surface area contributed by atoms with E-state index in [1.165, 1.54) is 0 Å². The molecule has 2 heterocycles. The predicted octanol–water partition coefficient (Wildman–Crippen LogP) is 2.03. The van der Waals surface area contributed by atoms with Gasteiger partial charge in [0.05, 0.1) is 6.54 Å². The molecule has 124 valence electrons. The first-order valence-electron chi connectivity index (χ1n) is 8.21. The normalized spacial score (nSPS) is 19.8. The molecule has 0 bridgehead atoms. The van der Waals surface area contributed by atoms with Crippen molar-refractivity contribution in [2.24, 2.45) is 5.92 Å². The van der Waals surface area contributed by atoms with Gasteiger partial charge in [0.15, 0.2) is 0 Å². The van der Waals surface area contributed by atoms with E-state index in [0.29, 0.717) is 5.76 Å². The minimum absolute atomic E-state index is 0.0414. The number of nitrogens with one attached hydrogen (secondary N) is 1. The van der Waals surface area contributed by atoms with E-state index in [-0.39, 0.29) is 18.4 Å². The summed E-state index contributed by atoms with van der Waals surface area (Å²) in [5.41, 5.74) is -1.17. The summed E-state index contributed by atoms with van der Waals surface area (Å²) in [6, 6.07) is 3.57. The molecular formula is C17H28N2O3. The molecule has 0 spiro atoms. The lowest BCUT2D eigenvalue weighted by Crippen LogP contribution is -2.44. The molecule has 2 N–H and O–H groups in total. The molecule has 1 atom stereocenters. The summed E-state index contributed by atoms with van der Waals surface area (Å²) in [5, 5.41) is 13.3. The van der Waals surface area contributed by atoms with E-state index in [4.69, 9.17) is 4.42 Å². The molecule has 1 unspecified atom stereocenters. The Balaban J connectivity index is 1.80. The highest BCUT2D eigenvalue weighted by Gasteiger charge is 2.30. The lowest BCUT2D eigenvalue weighted by molar-refractivity contribution is -0.127. The summed E-state index contributed by atoms with van der Waals surface area (Å²) < 4.78 is 5.46. The summed E-state index contributed by atoms with van der Waals surface area (Å²) in [5.74, 6) is 1.34. The molecule has 1 fully saturated rings. The lowest BCUT2D eigenvalue weighted by Gasteiger charge is -2.31. The van der Waals surface area contributed by atoms with Crippen molar-refractivity contribution in [2.75, 3.05) is 26.2 Å². The van der Waals surface area contributed by atoms with E-state index in [9.17, 15) is 9.90 Å². The number of nitrogens with zero attached hydrogens (tertiary/aromatic N) is 1. The van der Waals surface area contributed by atoms with Crippen LogP contribution in [0.25, 0.3) is 0 Å². The number of rotatable bonds is 6. The van der Waals surface area contributed by atoms with Gasteiger partial charge in [0.1, 0.15) is 17.1 Å². The van der Waals surface area contributed by atoms with E-state index < -0.39 is 5.60 Å². The molecule has 22 heavy (non-hydrogen) atoms. The Morgan fingerprint density at radius 1 is 1.45 bits per heavy atom. The highest BCUT2D eigenvalue weighted by atomic mass is 16.4. The van der Waals surface area contributed by atoms with Gasteiger partial charge in [0.2, 0.25) is 5.91 Å². The minimum Gasteiger partial charge on any atom is -0.463 e. The fourth-order valence-electron chi connectivity index (χ4n) is 2.95. The molecule has 1 aromatic rings. The average Bonchev–Trinajstić information content (AvgIpc) is 2.93. The Morgan fingerprint density at radius 3 is 2.68 bits per heavy atom. The Morgan fingerprint density at radius 2 is 2.14 bits per heavy atom. The zero-order chi connectivity index (χ0) is 16.2. The first-order valence-corrected chi connectivity index (χ1v) is 8.21. The molecule has 0 saturated carbocycles. The van der Waals surface area contributed by atoms with Crippen LogP contribution in [0.3, 0.4) is 0 Å². The summed E-state index contributed by atoms with van der Waals surface area (Å²) in [6.07, 6.45) is 2.95. The summed E-state index contributed by atoms with van der Waals surface area (Å²) in [7, 11) is 0. The molecule has 0 aliphatic carbocycles. The van der Waals surface area contributed by atoms with Crippen LogP contribution in [0.15, 0.2) is 16.5 Å². The maximum Gasteiger partial charge on any atom is 0.223 e. The Kier molecular flexibility index (Phi) is 5.64. The van der Waals surface area contributed by atoms with Crippen molar-refractivity contribution in [1.29, 1.82) is 0 Å². The van der Waals surface area contributed by atoms with Crippen molar-refractivity contribution in [1.82, 2.24) is 10.2 Å². The number of carbonyl (C=O) groups excluding carboxylic acids is 1. The number of carbonyl (C=O) groups is 1. The molecule has 1 aliphatic rings. The molecular weight excluding hydrogens is 280 g/mol. The first kappa shape index (κ1) is 17.0. The quantitative estimate of drug-likeness (QED) is 0.844. The van der Waals surface area contributed by atoms with Crippen LogP contribution in [0.5, 0.6) is 0 Å². The topological polar surface area (TPSA) is 65.7 Å². The van der Waals surface area contributed by atoms with Crippen LogP contribution in [-0.2, 0) is 10.4 Å². The number of aryl methyl sites for hydroxylation is 1. The zero-order valence-electron chi connectivity index (χ0n) is 13.9. The third kappa shape index (κ3) is 4.34. The van der Waals surface area contributed by atoms with Gasteiger partial charge in [-0.3, -0.25) is 4.79 Å².